The van der Waals surface area contributed by atoms with E-state index in [-0.39, 0.29) is 17.8 Å². The Bertz CT molecular complexity index is 139. The lowest BCUT2D eigenvalue weighted by Crippen LogP contribution is -2.10. The highest BCUT2D eigenvalue weighted by Gasteiger charge is 2.12. The molecule has 2 nitrogen and oxygen atoms in total. The summed E-state index contributed by atoms with van der Waals surface area (Å²) < 4.78 is 4.44. The Hall–Kier alpha value is 0.340. The summed E-state index contributed by atoms with van der Waals surface area (Å²) in [5.74, 6) is -0.310. The highest BCUT2D eigenvalue weighted by molar-refractivity contribution is 6.44. The van der Waals surface area contributed by atoms with Gasteiger partial charge in [-0.3, -0.25) is 4.79 Å². The molecule has 0 amide bonds. The van der Waals surface area contributed by atoms with Gasteiger partial charge < -0.3 is 4.74 Å². The molecule has 0 aliphatic carbocycles. The second-order valence-corrected chi connectivity index (χ2v) is 4.24. The first-order valence-corrected chi connectivity index (χ1v) is 4.86. The number of rotatable bonds is 5. The molecule has 5 heteroatoms. The van der Waals surface area contributed by atoms with Gasteiger partial charge in [-0.1, -0.05) is 0 Å². The Morgan fingerprint density at radius 1 is 1.33 bits per heavy atom. The minimum Gasteiger partial charge on any atom is -0.469 e. The number of carbonyl (C=O) groups is 1. The maximum Gasteiger partial charge on any atom is 0.307 e. The summed E-state index contributed by atoms with van der Waals surface area (Å²) in [5.41, 5.74) is 0. The van der Waals surface area contributed by atoms with Crippen molar-refractivity contribution < 1.29 is 9.53 Å². The topological polar surface area (TPSA) is 26.3 Å². The van der Waals surface area contributed by atoms with Crippen LogP contribution in [0.25, 0.3) is 0 Å². The third-order valence-corrected chi connectivity index (χ3v) is 2.12. The third-order valence-electron chi connectivity index (χ3n) is 1.31. The van der Waals surface area contributed by atoms with Crippen LogP contribution in [0.3, 0.4) is 0 Å². The summed E-state index contributed by atoms with van der Waals surface area (Å²) in [6, 6.07) is 0. The molecule has 12 heavy (non-hydrogen) atoms. The lowest BCUT2D eigenvalue weighted by atomic mass is 10.2. The molecule has 0 radical (unpaired) electrons. The maximum absolute atomic E-state index is 10.7. The zero-order valence-electron chi connectivity index (χ0n) is 6.73. The van der Waals surface area contributed by atoms with E-state index >= 15 is 0 Å². The fourth-order valence-corrected chi connectivity index (χ4v) is 1.18. The SMILES string of the molecule is COC(=O)CC(Cl)CCC(Cl)Cl. The number of halogens is 3. The fraction of sp³-hybridized carbons (Fsp3) is 0.857. The zero-order valence-corrected chi connectivity index (χ0v) is 8.99. The zero-order chi connectivity index (χ0) is 9.56. The Morgan fingerprint density at radius 2 is 1.92 bits per heavy atom. The van der Waals surface area contributed by atoms with Crippen molar-refractivity contribution in [3.63, 3.8) is 0 Å². The molecule has 72 valence electrons. The highest BCUT2D eigenvalue weighted by atomic mass is 35.5. The van der Waals surface area contributed by atoms with E-state index in [1.165, 1.54) is 7.11 Å². The van der Waals surface area contributed by atoms with Crippen molar-refractivity contribution in [3.8, 4) is 0 Å². The molecular formula is C7H11Cl3O2. The number of ether oxygens (including phenoxy) is 1. The predicted octanol–water partition coefficient (Wildman–Crippen LogP) is 2.74. The van der Waals surface area contributed by atoms with Gasteiger partial charge in [-0.2, -0.15) is 0 Å². The van der Waals surface area contributed by atoms with Gasteiger partial charge in [0.1, 0.15) is 4.84 Å². The van der Waals surface area contributed by atoms with Crippen molar-refractivity contribution in [2.24, 2.45) is 0 Å². The van der Waals surface area contributed by atoms with E-state index in [4.69, 9.17) is 34.8 Å². The van der Waals surface area contributed by atoms with Crippen LogP contribution in [0.4, 0.5) is 0 Å². The molecule has 0 aromatic carbocycles. The van der Waals surface area contributed by atoms with Gasteiger partial charge in [0.25, 0.3) is 0 Å². The van der Waals surface area contributed by atoms with Crippen molar-refractivity contribution >= 4 is 40.8 Å². The lowest BCUT2D eigenvalue weighted by Gasteiger charge is -2.07. The Morgan fingerprint density at radius 3 is 2.33 bits per heavy atom. The van der Waals surface area contributed by atoms with E-state index < -0.39 is 4.84 Å². The van der Waals surface area contributed by atoms with E-state index in [9.17, 15) is 4.79 Å². The van der Waals surface area contributed by atoms with E-state index in [1.807, 2.05) is 0 Å². The number of hydrogen-bond donors (Lipinski definition) is 0. The van der Waals surface area contributed by atoms with Gasteiger partial charge in [0.15, 0.2) is 0 Å². The molecular weight excluding hydrogens is 222 g/mol. The lowest BCUT2D eigenvalue weighted by molar-refractivity contribution is -0.140. The average molecular weight is 234 g/mol. The second kappa shape index (κ2) is 6.81. The van der Waals surface area contributed by atoms with E-state index in [1.54, 1.807) is 0 Å². The summed E-state index contributed by atoms with van der Waals surface area (Å²) in [6.07, 6.45) is 1.42. The summed E-state index contributed by atoms with van der Waals surface area (Å²) in [4.78, 5) is 10.3. The van der Waals surface area contributed by atoms with E-state index in [0.717, 1.165) is 0 Å². The summed E-state index contributed by atoms with van der Waals surface area (Å²) in [5, 5.41) is -0.238. The van der Waals surface area contributed by atoms with Crippen LogP contribution in [0.2, 0.25) is 0 Å². The van der Waals surface area contributed by atoms with Crippen molar-refractivity contribution in [2.75, 3.05) is 7.11 Å². The van der Waals surface area contributed by atoms with Gasteiger partial charge in [0.05, 0.1) is 13.5 Å². The molecule has 0 spiro atoms. The fourth-order valence-electron chi connectivity index (χ4n) is 0.673. The molecule has 0 N–H and O–H groups in total. The van der Waals surface area contributed by atoms with Crippen LogP contribution in [0.15, 0.2) is 0 Å². The number of methoxy groups -OCH3 is 1. The minimum atomic E-state index is -0.413. The minimum absolute atomic E-state index is 0.207. The largest absolute Gasteiger partial charge is 0.469 e. The Balaban J connectivity index is 3.45. The summed E-state index contributed by atoms with van der Waals surface area (Å²) in [6.45, 7) is 0. The van der Waals surface area contributed by atoms with Gasteiger partial charge in [0, 0.05) is 5.38 Å². The molecule has 0 fully saturated rings. The smallest absolute Gasteiger partial charge is 0.307 e. The summed E-state index contributed by atoms with van der Waals surface area (Å²) in [7, 11) is 1.33. The average Bonchev–Trinajstić information content (AvgIpc) is 2.00. The number of hydrogen-bond acceptors (Lipinski definition) is 2. The first kappa shape index (κ1) is 12.3. The van der Waals surface area contributed by atoms with Crippen molar-refractivity contribution in [1.82, 2.24) is 0 Å². The quantitative estimate of drug-likeness (QED) is 0.539. The van der Waals surface area contributed by atoms with Crippen molar-refractivity contribution in [1.29, 1.82) is 0 Å². The second-order valence-electron chi connectivity index (χ2n) is 2.35. The normalized spacial score (nSPS) is 13.1. The Kier molecular flexibility index (Phi) is 7.01. The van der Waals surface area contributed by atoms with Crippen molar-refractivity contribution in [3.05, 3.63) is 0 Å². The highest BCUT2D eigenvalue weighted by Crippen LogP contribution is 2.16. The van der Waals surface area contributed by atoms with Gasteiger partial charge in [0.2, 0.25) is 0 Å². The van der Waals surface area contributed by atoms with Crippen LogP contribution in [0.1, 0.15) is 19.3 Å². The molecule has 0 aliphatic heterocycles. The molecule has 0 aromatic heterocycles. The standard InChI is InChI=1S/C7H11Cl3O2/c1-12-7(11)4-5(8)2-3-6(9)10/h5-6H,2-4H2,1H3. The molecule has 0 aromatic rings. The molecule has 0 saturated carbocycles. The molecule has 1 atom stereocenters. The van der Waals surface area contributed by atoms with Gasteiger partial charge in [-0.05, 0) is 12.8 Å². The van der Waals surface area contributed by atoms with Gasteiger partial charge in [-0.15, -0.1) is 34.8 Å². The van der Waals surface area contributed by atoms with E-state index in [2.05, 4.69) is 4.74 Å². The van der Waals surface area contributed by atoms with Crippen LogP contribution in [0, 0.1) is 0 Å². The van der Waals surface area contributed by atoms with E-state index in [0.29, 0.717) is 12.8 Å². The van der Waals surface area contributed by atoms with Gasteiger partial charge >= 0.3 is 5.97 Å². The molecule has 0 rings (SSSR count). The Labute approximate surface area is 87.1 Å². The molecule has 0 aliphatic rings. The van der Waals surface area contributed by atoms with Crippen LogP contribution < -0.4 is 0 Å². The molecule has 0 bridgehead atoms. The van der Waals surface area contributed by atoms with Crippen LogP contribution in [-0.2, 0) is 9.53 Å². The molecule has 0 heterocycles. The van der Waals surface area contributed by atoms with Crippen LogP contribution >= 0.6 is 34.8 Å². The number of alkyl halides is 3. The van der Waals surface area contributed by atoms with Crippen LogP contribution in [-0.4, -0.2) is 23.3 Å². The maximum atomic E-state index is 10.7. The summed E-state index contributed by atoms with van der Waals surface area (Å²) >= 11 is 16.7. The van der Waals surface area contributed by atoms with Gasteiger partial charge in [-0.25, -0.2) is 0 Å². The molecule has 0 saturated heterocycles. The first-order valence-electron chi connectivity index (χ1n) is 3.55. The number of esters is 1. The van der Waals surface area contributed by atoms with Crippen molar-refractivity contribution in [2.45, 2.75) is 29.5 Å². The molecule has 1 unspecified atom stereocenters. The monoisotopic (exact) mass is 232 g/mol. The first-order chi connectivity index (χ1) is 5.56. The number of carbonyl (C=O) groups excluding carboxylic acids is 1. The third kappa shape index (κ3) is 7.01. The predicted molar refractivity (Wildman–Crippen MR) is 51.0 cm³/mol. The van der Waals surface area contributed by atoms with Crippen LogP contribution in [0.5, 0.6) is 0 Å².